The number of H-pyrrole nitrogens is 1. The number of imidazole rings is 1. The van der Waals surface area contributed by atoms with Crippen molar-refractivity contribution in [1.29, 1.82) is 0 Å². The van der Waals surface area contributed by atoms with Gasteiger partial charge in [0.25, 0.3) is 0 Å². The predicted octanol–water partition coefficient (Wildman–Crippen LogP) is 3.22. The van der Waals surface area contributed by atoms with Crippen LogP contribution in [0.3, 0.4) is 0 Å². The third-order valence-electron chi connectivity index (χ3n) is 3.68. The Morgan fingerprint density at radius 1 is 1.35 bits per heavy atom. The Morgan fingerprint density at radius 3 is 2.54 bits per heavy atom. The Balaban J connectivity index is 0.000000486. The van der Waals surface area contributed by atoms with Crippen LogP contribution < -0.4 is 0 Å². The molecule has 0 aliphatic heterocycles. The van der Waals surface area contributed by atoms with Gasteiger partial charge in [0.15, 0.2) is 0 Å². The number of rotatable bonds is 6. The number of aromatic nitrogens is 2. The Hall–Kier alpha value is -2.56. The van der Waals surface area contributed by atoms with Gasteiger partial charge in [0, 0.05) is 18.3 Å². The maximum absolute atomic E-state index is 11.9. The monoisotopic (exact) mass is 393 g/mol. The summed E-state index contributed by atoms with van der Waals surface area (Å²) in [7, 11) is 3.26. The maximum atomic E-state index is 11.9. The standard InChI is InChI=1S/C15H18N3O2.C5H5.Fe/c1-18(8-7-12-5-3-4-6-12)14(15(19)20-2)9-13-10-16-11-17-13;1-2-4-5-3-1;/h3-8,10-11,14H,9H2,1-2H3,(H,16,17);1-5H;/q2*-1;+2/b8-7+;;/t14-;;/m0../s1. The molecule has 5 nitrogen and oxygen atoms in total. The maximum Gasteiger partial charge on any atom is 2.00 e. The summed E-state index contributed by atoms with van der Waals surface area (Å²) in [5.74, 6) is -0.269. The van der Waals surface area contributed by atoms with E-state index in [1.54, 1.807) is 12.5 Å². The van der Waals surface area contributed by atoms with E-state index in [2.05, 4.69) is 9.97 Å². The molecule has 1 atom stereocenters. The van der Waals surface area contributed by atoms with Crippen molar-refractivity contribution in [1.82, 2.24) is 14.9 Å². The van der Waals surface area contributed by atoms with Crippen molar-refractivity contribution in [3.8, 4) is 0 Å². The number of ether oxygens (including phenoxy) is 1. The molecule has 3 rings (SSSR count). The molecule has 0 bridgehead atoms. The zero-order chi connectivity index (χ0) is 17.9. The largest absolute Gasteiger partial charge is 2.00 e. The normalized spacial score (nSPS) is 11.2. The van der Waals surface area contributed by atoms with E-state index >= 15 is 0 Å². The first-order valence-electron chi connectivity index (χ1n) is 8.04. The van der Waals surface area contributed by atoms with Gasteiger partial charge in [0.2, 0.25) is 0 Å². The van der Waals surface area contributed by atoms with Crippen molar-refractivity contribution < 1.29 is 26.6 Å². The molecule has 3 aromatic rings. The molecule has 0 aliphatic rings. The van der Waals surface area contributed by atoms with E-state index in [9.17, 15) is 4.79 Å². The Morgan fingerprint density at radius 2 is 2.04 bits per heavy atom. The molecule has 1 heterocycles. The summed E-state index contributed by atoms with van der Waals surface area (Å²) >= 11 is 0. The molecule has 0 spiro atoms. The molecule has 26 heavy (non-hydrogen) atoms. The Bertz CT molecular complexity index is 702. The SMILES string of the molecule is COC(=O)[C@H](Cc1cnc[nH]1)N(C)/C=C/[c-]1cccc1.[Fe+2].c1cc[cH-]c1. The van der Waals surface area contributed by atoms with Gasteiger partial charge in [-0.2, -0.15) is 30.3 Å². The van der Waals surface area contributed by atoms with E-state index in [0.29, 0.717) is 6.42 Å². The molecule has 1 N–H and O–H groups in total. The molecule has 0 aliphatic carbocycles. The zero-order valence-electron chi connectivity index (χ0n) is 14.9. The number of nitrogens with zero attached hydrogens (tertiary/aromatic N) is 2. The summed E-state index contributed by atoms with van der Waals surface area (Å²) in [6.45, 7) is 0. The molecule has 138 valence electrons. The number of nitrogens with one attached hydrogen (secondary N) is 1. The zero-order valence-corrected chi connectivity index (χ0v) is 16.0. The van der Waals surface area contributed by atoms with E-state index in [0.717, 1.165) is 11.3 Å². The van der Waals surface area contributed by atoms with Crippen LogP contribution in [0.2, 0.25) is 0 Å². The van der Waals surface area contributed by atoms with E-state index < -0.39 is 0 Å². The van der Waals surface area contributed by atoms with Gasteiger partial charge in [-0.1, -0.05) is 6.20 Å². The number of carbonyl (C=O) groups excluding carboxylic acids is 1. The summed E-state index contributed by atoms with van der Waals surface area (Å²) in [6, 6.07) is 17.6. The van der Waals surface area contributed by atoms with Crippen LogP contribution in [0.25, 0.3) is 6.08 Å². The van der Waals surface area contributed by atoms with Crippen molar-refractivity contribution >= 4 is 12.0 Å². The number of carbonyl (C=O) groups is 1. The summed E-state index contributed by atoms with van der Waals surface area (Å²) in [5, 5.41) is 0. The fourth-order valence-corrected chi connectivity index (χ4v) is 2.26. The topological polar surface area (TPSA) is 58.2 Å². The fourth-order valence-electron chi connectivity index (χ4n) is 2.26. The van der Waals surface area contributed by atoms with Crippen molar-refractivity contribution in [3.63, 3.8) is 0 Å². The predicted molar refractivity (Wildman–Crippen MR) is 99.0 cm³/mol. The fraction of sp³-hybridized carbons (Fsp3) is 0.200. The number of hydrogen-bond acceptors (Lipinski definition) is 4. The van der Waals surface area contributed by atoms with Gasteiger partial charge >= 0.3 is 23.0 Å². The van der Waals surface area contributed by atoms with Gasteiger partial charge in [-0.25, -0.2) is 21.9 Å². The van der Waals surface area contributed by atoms with Crippen molar-refractivity contribution in [2.45, 2.75) is 12.5 Å². The molecular formula is C20H23FeN3O2. The van der Waals surface area contributed by atoms with E-state index in [-0.39, 0.29) is 29.1 Å². The second-order valence-corrected chi connectivity index (χ2v) is 5.48. The summed E-state index contributed by atoms with van der Waals surface area (Å²) in [6.07, 6.45) is 7.68. The van der Waals surface area contributed by atoms with E-state index in [4.69, 9.17) is 4.74 Å². The van der Waals surface area contributed by atoms with Crippen molar-refractivity contribution in [3.05, 3.63) is 84.6 Å². The average Bonchev–Trinajstić information content (AvgIpc) is 3.40. The molecule has 0 saturated carbocycles. The van der Waals surface area contributed by atoms with Crippen molar-refractivity contribution in [2.24, 2.45) is 0 Å². The minimum Gasteiger partial charge on any atom is -0.467 e. The first-order chi connectivity index (χ1) is 12.2. The summed E-state index contributed by atoms with van der Waals surface area (Å²) in [5.41, 5.74) is 2.00. The molecule has 0 radical (unpaired) electrons. The van der Waals surface area contributed by atoms with Gasteiger partial charge < -0.3 is 14.6 Å². The number of hydrogen-bond donors (Lipinski definition) is 1. The van der Waals surface area contributed by atoms with Crippen LogP contribution in [0.15, 0.2) is 73.3 Å². The van der Waals surface area contributed by atoms with Crippen LogP contribution >= 0.6 is 0 Å². The van der Waals surface area contributed by atoms with Gasteiger partial charge in [0.05, 0.1) is 13.4 Å². The third-order valence-corrected chi connectivity index (χ3v) is 3.68. The first kappa shape index (κ1) is 21.5. The van der Waals surface area contributed by atoms with Crippen LogP contribution in [0, 0.1) is 0 Å². The van der Waals surface area contributed by atoms with E-state index in [1.165, 1.54) is 7.11 Å². The third kappa shape index (κ3) is 7.13. The van der Waals surface area contributed by atoms with Crippen LogP contribution in [0.5, 0.6) is 0 Å². The van der Waals surface area contributed by atoms with Crippen LogP contribution in [-0.2, 0) is 33.0 Å². The molecule has 0 fully saturated rings. The second-order valence-electron chi connectivity index (χ2n) is 5.48. The van der Waals surface area contributed by atoms with Gasteiger partial charge in [-0.15, -0.1) is 23.8 Å². The van der Waals surface area contributed by atoms with E-state index in [1.807, 2.05) is 78.8 Å². The van der Waals surface area contributed by atoms with Gasteiger partial charge in [-0.05, 0) is 7.05 Å². The molecule has 1 aromatic heterocycles. The molecule has 0 unspecified atom stereocenters. The molecule has 0 saturated heterocycles. The molecular weight excluding hydrogens is 370 g/mol. The van der Waals surface area contributed by atoms with Crippen LogP contribution in [-0.4, -0.2) is 41.0 Å². The summed E-state index contributed by atoms with van der Waals surface area (Å²) < 4.78 is 4.87. The van der Waals surface area contributed by atoms with Crippen molar-refractivity contribution in [2.75, 3.05) is 14.2 Å². The minimum atomic E-state index is -0.383. The summed E-state index contributed by atoms with van der Waals surface area (Å²) in [4.78, 5) is 20.7. The quantitative estimate of drug-likeness (QED) is 0.397. The first-order valence-corrected chi connectivity index (χ1v) is 8.04. The van der Waals surface area contributed by atoms with Gasteiger partial charge in [0.1, 0.15) is 6.04 Å². The molecule has 2 aromatic carbocycles. The molecule has 0 amide bonds. The Kier molecular flexibility index (Phi) is 9.83. The van der Waals surface area contributed by atoms with Crippen LogP contribution in [0.4, 0.5) is 0 Å². The molecule has 6 heteroatoms. The Labute approximate surface area is 164 Å². The minimum absolute atomic E-state index is 0. The van der Waals surface area contributed by atoms with Crippen LogP contribution in [0.1, 0.15) is 11.3 Å². The number of likely N-dealkylation sites (N-methyl/N-ethyl adjacent to an activating group) is 1. The average molecular weight is 393 g/mol. The second kappa shape index (κ2) is 11.9. The number of esters is 1. The number of aromatic amines is 1. The van der Waals surface area contributed by atoms with Gasteiger partial charge in [-0.3, -0.25) is 0 Å². The number of methoxy groups -OCH3 is 1. The smallest absolute Gasteiger partial charge is 0.467 e.